The molecule has 0 fully saturated rings. The summed E-state index contributed by atoms with van der Waals surface area (Å²) in [7, 11) is 0. The second-order valence-corrected chi connectivity index (χ2v) is 7.76. The van der Waals surface area contributed by atoms with Gasteiger partial charge in [0.2, 0.25) is 0 Å². The Hall–Kier alpha value is -3.25. The van der Waals surface area contributed by atoms with Crippen molar-refractivity contribution < 1.29 is 18.3 Å². The summed E-state index contributed by atoms with van der Waals surface area (Å²) < 4.78 is 33.4. The highest BCUT2D eigenvalue weighted by molar-refractivity contribution is 5.94. The lowest BCUT2D eigenvalue weighted by Gasteiger charge is -2.20. The quantitative estimate of drug-likeness (QED) is 0.654. The van der Waals surface area contributed by atoms with Gasteiger partial charge in [-0.05, 0) is 36.8 Å². The van der Waals surface area contributed by atoms with Crippen molar-refractivity contribution in [3.05, 3.63) is 100 Å². The lowest BCUT2D eigenvalue weighted by molar-refractivity contribution is 0.0950. The maximum Gasteiger partial charge on any atom is 0.251 e. The molecular weight excluding hydrogens is 398 g/mol. The van der Waals surface area contributed by atoms with Crippen LogP contribution >= 0.6 is 0 Å². The van der Waals surface area contributed by atoms with Crippen LogP contribution in [0.1, 0.15) is 32.6 Å². The zero-order valence-electron chi connectivity index (χ0n) is 17.3. The van der Waals surface area contributed by atoms with Gasteiger partial charge in [-0.15, -0.1) is 0 Å². The van der Waals surface area contributed by atoms with E-state index in [0.717, 1.165) is 17.2 Å². The van der Waals surface area contributed by atoms with Crippen molar-refractivity contribution in [2.24, 2.45) is 0 Å². The van der Waals surface area contributed by atoms with Crippen molar-refractivity contribution in [3.63, 3.8) is 0 Å². The highest BCUT2D eigenvalue weighted by atomic mass is 19.2. The molecule has 160 valence electrons. The van der Waals surface area contributed by atoms with Gasteiger partial charge < -0.3 is 10.1 Å². The van der Waals surface area contributed by atoms with Gasteiger partial charge in [-0.2, -0.15) is 0 Å². The number of carbonyl (C=O) groups excluding carboxylic acids is 1. The van der Waals surface area contributed by atoms with Crippen LogP contribution in [0.2, 0.25) is 0 Å². The topological polar surface area (TPSA) is 41.6 Å². The summed E-state index contributed by atoms with van der Waals surface area (Å²) in [5, 5.41) is 2.94. The molecule has 0 unspecified atom stereocenters. The van der Waals surface area contributed by atoms with Crippen LogP contribution in [-0.2, 0) is 19.6 Å². The zero-order valence-corrected chi connectivity index (χ0v) is 17.3. The van der Waals surface area contributed by atoms with Crippen LogP contribution in [0, 0.1) is 18.6 Å². The van der Waals surface area contributed by atoms with Crippen molar-refractivity contribution in [2.75, 3.05) is 13.2 Å². The van der Waals surface area contributed by atoms with Gasteiger partial charge in [-0.3, -0.25) is 9.69 Å². The standard InChI is InChI=1S/C25H24F2N2O2/c1-17-5-7-18(8-6-17)14-28-25(30)19-9-10-23-21(13-19)16-29(11-12-31-23)15-20-3-2-4-22(26)24(20)27/h2-10,13H,11-12,14-16H2,1H3,(H,28,30). The number of rotatable bonds is 5. The van der Waals surface area contributed by atoms with Crippen molar-refractivity contribution in [1.82, 2.24) is 10.2 Å². The normalized spacial score (nSPS) is 13.8. The van der Waals surface area contributed by atoms with E-state index >= 15 is 0 Å². The highest BCUT2D eigenvalue weighted by Gasteiger charge is 2.19. The molecule has 0 atom stereocenters. The molecule has 0 saturated heterocycles. The van der Waals surface area contributed by atoms with Gasteiger partial charge in [0.05, 0.1) is 0 Å². The first-order chi connectivity index (χ1) is 15.0. The largest absolute Gasteiger partial charge is 0.492 e. The predicted octanol–water partition coefficient (Wildman–Crippen LogP) is 4.60. The number of amides is 1. The molecule has 0 bridgehead atoms. The molecule has 0 aromatic heterocycles. The van der Waals surface area contributed by atoms with E-state index in [9.17, 15) is 13.6 Å². The van der Waals surface area contributed by atoms with Gasteiger partial charge in [0, 0.05) is 42.9 Å². The summed E-state index contributed by atoms with van der Waals surface area (Å²) in [6.07, 6.45) is 0. The number of hydrogen-bond acceptors (Lipinski definition) is 3. The number of carbonyl (C=O) groups is 1. The minimum atomic E-state index is -0.850. The fourth-order valence-corrected chi connectivity index (χ4v) is 3.63. The average molecular weight is 422 g/mol. The molecule has 1 heterocycles. The first-order valence-electron chi connectivity index (χ1n) is 10.2. The summed E-state index contributed by atoms with van der Waals surface area (Å²) in [5.41, 5.74) is 3.88. The van der Waals surface area contributed by atoms with Crippen molar-refractivity contribution in [1.29, 1.82) is 0 Å². The SMILES string of the molecule is Cc1ccc(CNC(=O)c2ccc3c(c2)CN(Cc2cccc(F)c2F)CCO3)cc1. The van der Waals surface area contributed by atoms with Crippen molar-refractivity contribution >= 4 is 5.91 Å². The Labute approximate surface area is 180 Å². The third kappa shape index (κ3) is 5.09. The first-order valence-corrected chi connectivity index (χ1v) is 10.2. The highest BCUT2D eigenvalue weighted by Crippen LogP contribution is 2.26. The summed E-state index contributed by atoms with van der Waals surface area (Å²) in [5.74, 6) is -1.14. The van der Waals surface area contributed by atoms with Crippen LogP contribution in [0.15, 0.2) is 60.7 Å². The monoisotopic (exact) mass is 422 g/mol. The van der Waals surface area contributed by atoms with Gasteiger partial charge in [0.15, 0.2) is 11.6 Å². The minimum absolute atomic E-state index is 0.171. The third-order valence-electron chi connectivity index (χ3n) is 5.38. The summed E-state index contributed by atoms with van der Waals surface area (Å²) >= 11 is 0. The first kappa shape index (κ1) is 21.0. The van der Waals surface area contributed by atoms with E-state index in [1.807, 2.05) is 36.1 Å². The maximum atomic E-state index is 14.1. The van der Waals surface area contributed by atoms with Crippen LogP contribution in [0.3, 0.4) is 0 Å². The van der Waals surface area contributed by atoms with Gasteiger partial charge in [-0.25, -0.2) is 8.78 Å². The van der Waals surface area contributed by atoms with E-state index in [1.165, 1.54) is 11.6 Å². The van der Waals surface area contributed by atoms with E-state index in [1.54, 1.807) is 24.3 Å². The Kier molecular flexibility index (Phi) is 6.28. The van der Waals surface area contributed by atoms with Gasteiger partial charge in [0.25, 0.3) is 5.91 Å². The molecule has 0 saturated carbocycles. The molecule has 1 aliphatic heterocycles. The number of benzene rings is 3. The second-order valence-electron chi connectivity index (χ2n) is 7.76. The molecule has 0 radical (unpaired) electrons. The van der Waals surface area contributed by atoms with E-state index in [0.29, 0.717) is 43.1 Å². The smallest absolute Gasteiger partial charge is 0.251 e. The number of nitrogens with zero attached hydrogens (tertiary/aromatic N) is 1. The van der Waals surface area contributed by atoms with Crippen molar-refractivity contribution in [3.8, 4) is 5.75 Å². The molecule has 1 N–H and O–H groups in total. The molecule has 31 heavy (non-hydrogen) atoms. The lowest BCUT2D eigenvalue weighted by Crippen LogP contribution is -2.26. The number of halogens is 2. The fourth-order valence-electron chi connectivity index (χ4n) is 3.63. The van der Waals surface area contributed by atoms with Crippen LogP contribution in [0.5, 0.6) is 5.75 Å². The number of nitrogens with one attached hydrogen (secondary N) is 1. The van der Waals surface area contributed by atoms with Gasteiger partial charge in [0.1, 0.15) is 12.4 Å². The lowest BCUT2D eigenvalue weighted by atomic mass is 10.1. The number of hydrogen-bond donors (Lipinski definition) is 1. The Balaban J connectivity index is 1.46. The minimum Gasteiger partial charge on any atom is -0.492 e. The van der Waals surface area contributed by atoms with E-state index in [-0.39, 0.29) is 12.5 Å². The molecule has 4 nitrogen and oxygen atoms in total. The fraction of sp³-hybridized carbons (Fsp3) is 0.240. The molecule has 0 aliphatic carbocycles. The summed E-state index contributed by atoms with van der Waals surface area (Å²) in [6.45, 7) is 4.20. The summed E-state index contributed by atoms with van der Waals surface area (Å²) in [4.78, 5) is 14.6. The molecule has 3 aromatic carbocycles. The van der Waals surface area contributed by atoms with E-state index in [4.69, 9.17) is 4.74 Å². The van der Waals surface area contributed by atoms with Crippen LogP contribution in [-0.4, -0.2) is 24.0 Å². The molecule has 3 aromatic rings. The van der Waals surface area contributed by atoms with Gasteiger partial charge in [-0.1, -0.05) is 42.0 Å². The molecule has 0 spiro atoms. The molecule has 6 heteroatoms. The third-order valence-corrected chi connectivity index (χ3v) is 5.38. The Bertz CT molecular complexity index is 1080. The van der Waals surface area contributed by atoms with Crippen LogP contribution in [0.25, 0.3) is 0 Å². The van der Waals surface area contributed by atoms with E-state index < -0.39 is 11.6 Å². The Morgan fingerprint density at radius 2 is 1.90 bits per heavy atom. The Morgan fingerprint density at radius 3 is 2.71 bits per heavy atom. The van der Waals surface area contributed by atoms with Crippen LogP contribution in [0.4, 0.5) is 8.78 Å². The number of fused-ring (bicyclic) bond motifs is 1. The number of ether oxygens (including phenoxy) is 1. The molecule has 1 amide bonds. The van der Waals surface area contributed by atoms with E-state index in [2.05, 4.69) is 5.32 Å². The number of aryl methyl sites for hydroxylation is 1. The zero-order chi connectivity index (χ0) is 21.8. The molecule has 1 aliphatic rings. The predicted molar refractivity (Wildman–Crippen MR) is 115 cm³/mol. The van der Waals surface area contributed by atoms with Crippen molar-refractivity contribution in [2.45, 2.75) is 26.6 Å². The second kappa shape index (κ2) is 9.27. The molecular formula is C25H24F2N2O2. The Morgan fingerprint density at radius 1 is 1.10 bits per heavy atom. The molecule has 4 rings (SSSR count). The maximum absolute atomic E-state index is 14.1. The average Bonchev–Trinajstić information content (AvgIpc) is 2.97. The van der Waals surface area contributed by atoms with Gasteiger partial charge >= 0.3 is 0 Å². The summed E-state index contributed by atoms with van der Waals surface area (Å²) in [6, 6.07) is 17.5. The van der Waals surface area contributed by atoms with Crippen LogP contribution < -0.4 is 10.1 Å².